The lowest BCUT2D eigenvalue weighted by Gasteiger charge is -2.26. The summed E-state index contributed by atoms with van der Waals surface area (Å²) in [5.41, 5.74) is 19.8. The third-order valence-corrected chi connectivity index (χ3v) is 19.6. The third kappa shape index (κ3) is 18.8. The van der Waals surface area contributed by atoms with Crippen LogP contribution < -0.4 is 31.9 Å². The van der Waals surface area contributed by atoms with Crippen molar-refractivity contribution >= 4 is 93.1 Å². The largest absolute Gasteiger partial charge is 0.350 e. The Morgan fingerprint density at radius 1 is 0.422 bits per heavy atom. The number of benzene rings is 4. The molecule has 0 spiro atoms. The lowest BCUT2D eigenvalue weighted by Crippen LogP contribution is -2.34. The molecule has 4 aliphatic heterocycles. The number of nitrogens with one attached hydrogen (secondary N) is 6. The van der Waals surface area contributed by atoms with Crippen molar-refractivity contribution in [2.45, 2.75) is 133 Å². The molecule has 30 heteroatoms. The predicted molar refractivity (Wildman–Crippen MR) is 420 cm³/mol. The maximum Gasteiger partial charge on any atom is 0.251 e. The molecule has 6 amide bonds. The van der Waals surface area contributed by atoms with Gasteiger partial charge in [0.15, 0.2) is 23.3 Å². The summed E-state index contributed by atoms with van der Waals surface area (Å²) in [6, 6.07) is 25.1. The second-order valence-corrected chi connectivity index (χ2v) is 29.2. The van der Waals surface area contributed by atoms with E-state index < -0.39 is 0 Å². The van der Waals surface area contributed by atoms with Crippen molar-refractivity contribution in [3.05, 3.63) is 175 Å². The van der Waals surface area contributed by atoms with Gasteiger partial charge in [0.1, 0.15) is 0 Å². The molecule has 0 radical (unpaired) electrons. The normalized spacial score (nSPS) is 13.4. The fraction of sp³-hybridized carbons (Fsp3) is 0.380. The van der Waals surface area contributed by atoms with Gasteiger partial charge in [-0.3, -0.25) is 56.9 Å². The van der Waals surface area contributed by atoms with Crippen LogP contribution in [0.4, 0.5) is 46.0 Å². The maximum atomic E-state index is 12.4. The molecule has 10 heterocycles. The van der Waals surface area contributed by atoms with E-state index >= 15 is 0 Å². The zero-order chi connectivity index (χ0) is 78.4. The van der Waals surface area contributed by atoms with Gasteiger partial charge < -0.3 is 51.5 Å². The monoisotopic (exact) mass is 1500 g/mol. The predicted octanol–water partition coefficient (Wildman–Crippen LogP) is 10.5. The number of anilines is 8. The molecule has 0 saturated heterocycles. The number of hydrogen-bond donors (Lipinski definition) is 6. The van der Waals surface area contributed by atoms with Crippen molar-refractivity contribution < 1.29 is 28.8 Å². The van der Waals surface area contributed by atoms with Crippen molar-refractivity contribution in [2.75, 3.05) is 47.4 Å². The first-order valence-electron chi connectivity index (χ1n) is 36.3. The van der Waals surface area contributed by atoms with Crippen LogP contribution in [0.1, 0.15) is 138 Å². The van der Waals surface area contributed by atoms with Crippen LogP contribution in [0.15, 0.2) is 97.6 Å². The number of nitrogens with zero attached hydrogens (tertiary/aromatic N) is 17. The molecule has 4 aromatic carbocycles. The maximum absolute atomic E-state index is 12.4. The summed E-state index contributed by atoms with van der Waals surface area (Å²) in [5, 5.41) is 56.0. The van der Waals surface area contributed by atoms with Crippen molar-refractivity contribution in [3.63, 3.8) is 0 Å². The minimum absolute atomic E-state index is 0.0354. The number of hydrogen-bond acceptors (Lipinski definition) is 17. The van der Waals surface area contributed by atoms with E-state index in [1.165, 1.54) is 5.69 Å². The van der Waals surface area contributed by atoms with Gasteiger partial charge in [-0.1, -0.05) is 17.7 Å². The number of aromatic nitrogens is 12. The first-order chi connectivity index (χ1) is 51.8. The number of carbonyl (C=O) groups is 6. The Kier molecular flexibility index (Phi) is 23.9. The highest BCUT2D eigenvalue weighted by Gasteiger charge is 2.30. The van der Waals surface area contributed by atoms with Gasteiger partial charge in [-0.2, -0.15) is 35.9 Å². The molecule has 29 nitrogen and oxygen atoms in total. The average Bonchev–Trinajstić information content (AvgIpc) is 1.66. The van der Waals surface area contributed by atoms with Gasteiger partial charge in [0.25, 0.3) is 11.8 Å². The van der Waals surface area contributed by atoms with Gasteiger partial charge in [0, 0.05) is 241 Å². The van der Waals surface area contributed by atoms with Crippen molar-refractivity contribution in [3.8, 4) is 28.3 Å². The topological polar surface area (TPSA) is 318 Å². The van der Waals surface area contributed by atoms with Crippen LogP contribution in [-0.4, -0.2) is 152 Å². The van der Waals surface area contributed by atoms with Crippen molar-refractivity contribution in [2.24, 2.45) is 42.3 Å². The molecule has 0 saturated carbocycles. The zero-order valence-electron chi connectivity index (χ0n) is 64.8. The van der Waals surface area contributed by atoms with Gasteiger partial charge in [0.2, 0.25) is 23.6 Å². The van der Waals surface area contributed by atoms with Crippen LogP contribution >= 0.6 is 11.6 Å². The minimum atomic E-state index is -0.179. The highest BCUT2D eigenvalue weighted by Crippen LogP contribution is 2.36. The molecular formula is C79H96ClN23O6. The molecule has 10 aromatic rings. The van der Waals surface area contributed by atoms with E-state index in [1.807, 2.05) is 159 Å². The molecule has 0 unspecified atom stereocenters. The lowest BCUT2D eigenvalue weighted by atomic mass is 10.0. The van der Waals surface area contributed by atoms with Gasteiger partial charge in [-0.05, 0) is 131 Å². The molecule has 0 atom stereocenters. The number of aryl methyl sites for hydroxylation is 8. The second-order valence-electron chi connectivity index (χ2n) is 28.7. The Bertz CT molecular complexity index is 5010. The molecular weight excluding hydrogens is 1400 g/mol. The van der Waals surface area contributed by atoms with E-state index in [2.05, 4.69) is 93.7 Å². The molecule has 4 aliphatic rings. The van der Waals surface area contributed by atoms with Crippen LogP contribution in [0, 0.1) is 25.2 Å². The van der Waals surface area contributed by atoms with Gasteiger partial charge in [-0.25, -0.2) is 0 Å². The molecule has 109 heavy (non-hydrogen) atoms. The summed E-state index contributed by atoms with van der Waals surface area (Å²) in [6.07, 6.45) is 10.7. The van der Waals surface area contributed by atoms with E-state index in [1.54, 1.807) is 72.4 Å². The highest BCUT2D eigenvalue weighted by molar-refractivity contribution is 6.31. The zero-order valence-corrected chi connectivity index (χ0v) is 65.6. The number of fused-ring (bicyclic) bond motifs is 4. The smallest absolute Gasteiger partial charge is 0.251 e. The van der Waals surface area contributed by atoms with E-state index in [4.69, 9.17) is 11.6 Å². The van der Waals surface area contributed by atoms with Crippen molar-refractivity contribution in [1.29, 1.82) is 5.26 Å². The SMILES string of the molecule is CC(=O)N1CCc2c(c(Nc3cc(C#N)cc(-c4cnn(C)c4)c3)nn2C)C1.CC(=O)N1CCc2c(c(Nc3cc(C)cc(-c4cnn(C)c4)c3)nn2C)C1.CC(=O)N1CCc2c(c(Nc3cc(C)cc(C(=O)NC(C)C)c3)nn2C)C1.CC(=O)N1CCc2c(c(Nc3cc(Cl)cc(C(=O)NC(C)C)c3)nn2C)C1. The van der Waals surface area contributed by atoms with Crippen molar-refractivity contribution in [1.82, 2.24) is 88.9 Å². The Balaban J connectivity index is 0.000000144. The molecule has 0 fully saturated rings. The highest BCUT2D eigenvalue weighted by atomic mass is 35.5. The first kappa shape index (κ1) is 78.0. The average molecular weight is 1500 g/mol. The number of carbonyl (C=O) groups excluding carboxylic acids is 6. The fourth-order valence-electron chi connectivity index (χ4n) is 14.0. The van der Waals surface area contributed by atoms with E-state index in [0.717, 1.165) is 139 Å². The number of amides is 6. The Labute approximate surface area is 639 Å². The Morgan fingerprint density at radius 3 is 1.07 bits per heavy atom. The van der Waals surface area contributed by atoms with Crippen LogP contribution in [0.2, 0.25) is 5.02 Å². The molecule has 570 valence electrons. The molecule has 6 aromatic heterocycles. The second kappa shape index (κ2) is 33.4. The summed E-state index contributed by atoms with van der Waals surface area (Å²) >= 11 is 6.21. The Morgan fingerprint density at radius 2 is 0.743 bits per heavy atom. The Hall–Kier alpha value is -12.1. The molecule has 0 bridgehead atoms. The van der Waals surface area contributed by atoms with Crippen LogP contribution in [0.5, 0.6) is 0 Å². The molecule has 14 rings (SSSR count). The van der Waals surface area contributed by atoms with Crippen LogP contribution in [0.3, 0.4) is 0 Å². The minimum Gasteiger partial charge on any atom is -0.350 e. The number of halogens is 1. The van der Waals surface area contributed by atoms with Gasteiger partial charge >= 0.3 is 0 Å². The van der Waals surface area contributed by atoms with E-state index in [-0.39, 0.29) is 47.5 Å². The quantitative estimate of drug-likeness (QED) is 0.0589. The van der Waals surface area contributed by atoms with E-state index in [0.29, 0.717) is 79.0 Å². The number of nitriles is 1. The summed E-state index contributed by atoms with van der Waals surface area (Å²) in [7, 11) is 11.5. The lowest BCUT2D eigenvalue weighted by molar-refractivity contribution is -0.130. The van der Waals surface area contributed by atoms with Crippen LogP contribution in [0.25, 0.3) is 22.3 Å². The fourth-order valence-corrected chi connectivity index (χ4v) is 14.2. The first-order valence-corrected chi connectivity index (χ1v) is 36.7. The van der Waals surface area contributed by atoms with Gasteiger partial charge in [-0.15, -0.1) is 0 Å². The number of rotatable bonds is 14. The van der Waals surface area contributed by atoms with E-state index in [9.17, 15) is 34.0 Å². The summed E-state index contributed by atoms with van der Waals surface area (Å²) in [4.78, 5) is 79.1. The molecule has 6 N–H and O–H groups in total. The third-order valence-electron chi connectivity index (χ3n) is 19.4. The standard InChI is InChI=1S/C20H21N7O.C20H24N6O.C20H27N5O2.C19H24ClN5O2/c1-13(28)27-5-4-19-18(12-27)20(24-26(19)3)23-17-7-14(9-21)6-15(8-17)16-10-22-25(2)11-16;1-13-7-15(16-10-21-24(3)11-16)9-17(8-13)22-20-18-12-26(14(2)27)6-5-19(18)25(4)23-20;1-12(2)21-20(27)15-8-13(3)9-16(10-15)22-19-17-11-25(14(4)26)7-6-18(17)24(5)23-19;1-11(2)21-19(27)13-7-14(20)9-15(8-13)22-18-16-10-25(12(3)26)6-5-17(16)24(4)23-18/h6-8,10-11H,4-5,12H2,1-3H3,(H,23,24);7-11H,5-6,12H2,1-4H3,(H,22,23);8-10,12H,6-7,11H2,1-5H3,(H,21,27)(H,22,23);7-9,11H,5-6,10H2,1-4H3,(H,21,27)(H,22,23). The summed E-state index contributed by atoms with van der Waals surface area (Å²) in [5.74, 6) is 2.95. The molecule has 0 aliphatic carbocycles. The summed E-state index contributed by atoms with van der Waals surface area (Å²) < 4.78 is 11.0. The summed E-state index contributed by atoms with van der Waals surface area (Å²) in [6.45, 7) is 23.2. The van der Waals surface area contributed by atoms with Crippen LogP contribution in [-0.2, 0) is 113 Å². The van der Waals surface area contributed by atoms with Gasteiger partial charge in [0.05, 0.1) is 50.2 Å².